The number of pyridine rings is 1. The van der Waals surface area contributed by atoms with Crippen LogP contribution in [-0.2, 0) is 6.54 Å². The summed E-state index contributed by atoms with van der Waals surface area (Å²) < 4.78 is 5.73. The Labute approximate surface area is 157 Å². The molecule has 0 aromatic carbocycles. The van der Waals surface area contributed by atoms with Crippen LogP contribution in [0, 0.1) is 5.92 Å². The molecule has 138 valence electrons. The van der Waals surface area contributed by atoms with Gasteiger partial charge < -0.3 is 20.3 Å². The van der Waals surface area contributed by atoms with Crippen molar-refractivity contribution in [3.05, 3.63) is 35.5 Å². The van der Waals surface area contributed by atoms with Crippen molar-refractivity contribution in [2.75, 3.05) is 37.7 Å². The summed E-state index contributed by atoms with van der Waals surface area (Å²) in [5.41, 5.74) is 7.27. The number of rotatable bonds is 6. The summed E-state index contributed by atoms with van der Waals surface area (Å²) >= 11 is 1.67. The Kier molecular flexibility index (Phi) is 5.19. The van der Waals surface area contributed by atoms with Gasteiger partial charge in [0.2, 0.25) is 5.88 Å². The van der Waals surface area contributed by atoms with Crippen LogP contribution in [0.4, 0.5) is 5.13 Å². The third kappa shape index (κ3) is 4.43. The highest BCUT2D eigenvalue weighted by atomic mass is 32.1. The van der Waals surface area contributed by atoms with Gasteiger partial charge in [-0.15, -0.1) is 11.3 Å². The Morgan fingerprint density at radius 3 is 2.81 bits per heavy atom. The molecular weight excluding hydrogens is 348 g/mol. The number of guanidine groups is 1. The maximum Gasteiger partial charge on any atom is 0.213 e. The molecule has 0 bridgehead atoms. The van der Waals surface area contributed by atoms with E-state index in [4.69, 9.17) is 10.5 Å². The fourth-order valence-corrected chi connectivity index (χ4v) is 3.58. The Balaban J connectivity index is 1.28. The number of hydrogen-bond acceptors (Lipinski definition) is 6. The molecule has 2 aromatic rings. The number of anilines is 1. The fourth-order valence-electron chi connectivity index (χ4n) is 2.89. The first kappa shape index (κ1) is 17.1. The molecule has 2 N–H and O–H groups in total. The van der Waals surface area contributed by atoms with E-state index in [2.05, 4.69) is 24.8 Å². The van der Waals surface area contributed by atoms with Gasteiger partial charge in [0.1, 0.15) is 0 Å². The molecule has 0 atom stereocenters. The second-order valence-electron chi connectivity index (χ2n) is 6.72. The molecule has 0 unspecified atom stereocenters. The van der Waals surface area contributed by atoms with E-state index >= 15 is 0 Å². The number of aromatic nitrogens is 2. The Morgan fingerprint density at radius 2 is 2.08 bits per heavy atom. The van der Waals surface area contributed by atoms with E-state index in [1.165, 1.54) is 12.8 Å². The van der Waals surface area contributed by atoms with Crippen molar-refractivity contribution in [1.82, 2.24) is 14.9 Å². The lowest BCUT2D eigenvalue weighted by Crippen LogP contribution is -2.51. The van der Waals surface area contributed by atoms with Crippen LogP contribution in [0.3, 0.4) is 0 Å². The maximum absolute atomic E-state index is 6.20. The minimum absolute atomic E-state index is 0.542. The second kappa shape index (κ2) is 7.90. The van der Waals surface area contributed by atoms with E-state index in [1.54, 1.807) is 17.5 Å². The smallest absolute Gasteiger partial charge is 0.213 e. The average Bonchev–Trinajstić information content (AvgIpc) is 3.36. The molecule has 1 aliphatic heterocycles. The van der Waals surface area contributed by atoms with Gasteiger partial charge in [-0.05, 0) is 30.4 Å². The van der Waals surface area contributed by atoms with E-state index in [0.717, 1.165) is 49.4 Å². The molecule has 2 aromatic heterocycles. The van der Waals surface area contributed by atoms with Gasteiger partial charge in [0, 0.05) is 50.0 Å². The van der Waals surface area contributed by atoms with Gasteiger partial charge in [0.15, 0.2) is 11.1 Å². The van der Waals surface area contributed by atoms with Crippen molar-refractivity contribution in [2.24, 2.45) is 16.6 Å². The molecule has 0 radical (unpaired) electrons. The van der Waals surface area contributed by atoms with Gasteiger partial charge in [0.25, 0.3) is 0 Å². The molecule has 0 amide bonds. The molecule has 26 heavy (non-hydrogen) atoms. The molecule has 4 rings (SSSR count). The third-order valence-electron chi connectivity index (χ3n) is 4.68. The van der Waals surface area contributed by atoms with Crippen LogP contribution >= 0.6 is 11.3 Å². The summed E-state index contributed by atoms with van der Waals surface area (Å²) in [7, 11) is 0. The monoisotopic (exact) mass is 372 g/mol. The highest BCUT2D eigenvalue weighted by Crippen LogP contribution is 2.29. The van der Waals surface area contributed by atoms with Crippen LogP contribution < -0.4 is 15.4 Å². The Morgan fingerprint density at radius 1 is 1.23 bits per heavy atom. The minimum atomic E-state index is 0.542. The van der Waals surface area contributed by atoms with Gasteiger partial charge in [-0.25, -0.2) is 15.0 Å². The maximum atomic E-state index is 6.20. The van der Waals surface area contributed by atoms with Crippen LogP contribution in [-0.4, -0.2) is 53.6 Å². The minimum Gasteiger partial charge on any atom is -0.477 e. The van der Waals surface area contributed by atoms with Crippen LogP contribution in [0.25, 0.3) is 0 Å². The highest BCUT2D eigenvalue weighted by molar-refractivity contribution is 7.13. The number of piperazine rings is 1. The lowest BCUT2D eigenvalue weighted by atomic mass is 10.2. The Bertz CT molecular complexity index is 738. The molecule has 7 nitrogen and oxygen atoms in total. The summed E-state index contributed by atoms with van der Waals surface area (Å²) in [5, 5.41) is 3.09. The van der Waals surface area contributed by atoms with E-state index in [0.29, 0.717) is 18.4 Å². The summed E-state index contributed by atoms with van der Waals surface area (Å²) in [6.07, 6.45) is 6.17. The van der Waals surface area contributed by atoms with Crippen molar-refractivity contribution in [2.45, 2.75) is 19.4 Å². The SMILES string of the molecule is NC(=NCc1ccnc(OCC2CC2)c1)N1CCN(c2nccs2)CC1. The van der Waals surface area contributed by atoms with E-state index < -0.39 is 0 Å². The molecule has 1 saturated carbocycles. The number of nitrogens with zero attached hydrogens (tertiary/aromatic N) is 5. The zero-order valence-electron chi connectivity index (χ0n) is 14.8. The van der Waals surface area contributed by atoms with Crippen molar-refractivity contribution in [3.8, 4) is 5.88 Å². The van der Waals surface area contributed by atoms with Crippen molar-refractivity contribution in [1.29, 1.82) is 0 Å². The number of hydrogen-bond donors (Lipinski definition) is 1. The average molecular weight is 372 g/mol. The molecule has 1 aliphatic carbocycles. The molecular formula is C18H24N6OS. The first-order valence-corrected chi connectivity index (χ1v) is 9.93. The van der Waals surface area contributed by atoms with Crippen LogP contribution in [0.15, 0.2) is 34.9 Å². The molecule has 3 heterocycles. The summed E-state index contributed by atoms with van der Waals surface area (Å²) in [6.45, 7) is 4.87. The highest BCUT2D eigenvalue weighted by Gasteiger charge is 2.22. The largest absolute Gasteiger partial charge is 0.477 e. The van der Waals surface area contributed by atoms with Gasteiger partial charge in [-0.1, -0.05) is 0 Å². The lowest BCUT2D eigenvalue weighted by Gasteiger charge is -2.35. The van der Waals surface area contributed by atoms with E-state index in [-0.39, 0.29) is 0 Å². The van der Waals surface area contributed by atoms with Crippen molar-refractivity contribution >= 4 is 22.4 Å². The molecule has 8 heteroatoms. The van der Waals surface area contributed by atoms with Gasteiger partial charge in [-0.2, -0.15) is 0 Å². The number of thiazole rings is 1. The zero-order chi connectivity index (χ0) is 17.8. The Hall–Kier alpha value is -2.35. The van der Waals surface area contributed by atoms with Crippen LogP contribution in [0.1, 0.15) is 18.4 Å². The molecule has 0 spiro atoms. The zero-order valence-corrected chi connectivity index (χ0v) is 15.6. The number of nitrogens with two attached hydrogens (primary N) is 1. The second-order valence-corrected chi connectivity index (χ2v) is 7.59. The van der Waals surface area contributed by atoms with Crippen LogP contribution in [0.2, 0.25) is 0 Å². The van der Waals surface area contributed by atoms with Gasteiger partial charge in [0.05, 0.1) is 13.2 Å². The molecule has 2 fully saturated rings. The van der Waals surface area contributed by atoms with Crippen molar-refractivity contribution in [3.63, 3.8) is 0 Å². The fraction of sp³-hybridized carbons (Fsp3) is 0.500. The lowest BCUT2D eigenvalue weighted by molar-refractivity contribution is 0.288. The quantitative estimate of drug-likeness (QED) is 0.617. The third-order valence-corrected chi connectivity index (χ3v) is 5.51. The summed E-state index contributed by atoms with van der Waals surface area (Å²) in [4.78, 5) is 17.6. The first-order chi connectivity index (χ1) is 12.8. The van der Waals surface area contributed by atoms with E-state index in [1.807, 2.05) is 23.7 Å². The molecule has 1 saturated heterocycles. The van der Waals surface area contributed by atoms with Gasteiger partial charge >= 0.3 is 0 Å². The molecule has 2 aliphatic rings. The normalized spacial score (nSPS) is 18.2. The van der Waals surface area contributed by atoms with Gasteiger partial charge in [-0.3, -0.25) is 0 Å². The number of aliphatic imine (C=N–C) groups is 1. The summed E-state index contributed by atoms with van der Waals surface area (Å²) in [5.74, 6) is 2.00. The first-order valence-electron chi connectivity index (χ1n) is 9.05. The predicted molar refractivity (Wildman–Crippen MR) is 104 cm³/mol. The summed E-state index contributed by atoms with van der Waals surface area (Å²) in [6, 6.07) is 3.92. The number of ether oxygens (including phenoxy) is 1. The van der Waals surface area contributed by atoms with Crippen LogP contribution in [0.5, 0.6) is 5.88 Å². The topological polar surface area (TPSA) is 79.9 Å². The predicted octanol–water partition coefficient (Wildman–Crippen LogP) is 1.96. The van der Waals surface area contributed by atoms with E-state index in [9.17, 15) is 0 Å². The standard InChI is InChI=1S/C18H24N6OS/c19-17(23-6-8-24(9-7-23)18-21-5-10-26-18)22-12-15-3-4-20-16(11-15)25-13-14-1-2-14/h3-5,10-11,14H,1-2,6-9,12-13H2,(H2,19,22). The van der Waals surface area contributed by atoms with Crippen molar-refractivity contribution < 1.29 is 4.74 Å².